The van der Waals surface area contributed by atoms with Crippen molar-refractivity contribution in [3.05, 3.63) is 92.7 Å². The fourth-order valence-corrected chi connectivity index (χ4v) is 3.17. The highest BCUT2D eigenvalue weighted by atomic mass is 35.5. The maximum atomic E-state index is 13.8. The molecule has 2 nitrogen and oxygen atoms in total. The van der Waals surface area contributed by atoms with Crippen LogP contribution < -0.4 is 10.1 Å². The largest absolute Gasteiger partial charge is 0.489 e. The van der Waals surface area contributed by atoms with E-state index >= 15 is 0 Å². The minimum Gasteiger partial charge on any atom is -0.489 e. The molecular formula is C20H15Cl3FNO. The SMILES string of the molecule is Fc1cccc(Cl)c1COc1cccc(CNc2cc(Cl)cc(Cl)c2)c1. The second-order valence-electron chi connectivity index (χ2n) is 5.65. The van der Waals surface area contributed by atoms with Gasteiger partial charge in [-0.15, -0.1) is 0 Å². The Labute approximate surface area is 166 Å². The van der Waals surface area contributed by atoms with Gasteiger partial charge >= 0.3 is 0 Å². The Bertz CT molecular complexity index is 877. The van der Waals surface area contributed by atoms with Crippen molar-refractivity contribution in [1.82, 2.24) is 0 Å². The summed E-state index contributed by atoms with van der Waals surface area (Å²) in [4.78, 5) is 0. The summed E-state index contributed by atoms with van der Waals surface area (Å²) >= 11 is 18.0. The maximum Gasteiger partial charge on any atom is 0.131 e. The van der Waals surface area contributed by atoms with Crippen molar-refractivity contribution in [2.75, 3.05) is 5.32 Å². The van der Waals surface area contributed by atoms with E-state index in [1.807, 2.05) is 24.3 Å². The van der Waals surface area contributed by atoms with E-state index in [0.717, 1.165) is 11.3 Å². The molecule has 1 N–H and O–H groups in total. The monoisotopic (exact) mass is 409 g/mol. The normalized spacial score (nSPS) is 10.6. The molecule has 0 heterocycles. The van der Waals surface area contributed by atoms with Gasteiger partial charge in [0, 0.05) is 27.8 Å². The molecule has 0 saturated carbocycles. The van der Waals surface area contributed by atoms with Crippen LogP contribution in [-0.2, 0) is 13.2 Å². The zero-order valence-corrected chi connectivity index (χ0v) is 15.9. The van der Waals surface area contributed by atoms with E-state index in [-0.39, 0.29) is 12.4 Å². The summed E-state index contributed by atoms with van der Waals surface area (Å²) in [6.07, 6.45) is 0. The van der Waals surface area contributed by atoms with Gasteiger partial charge in [-0.25, -0.2) is 4.39 Å². The van der Waals surface area contributed by atoms with Crippen molar-refractivity contribution in [2.24, 2.45) is 0 Å². The Morgan fingerprint density at radius 1 is 0.885 bits per heavy atom. The van der Waals surface area contributed by atoms with E-state index in [2.05, 4.69) is 5.32 Å². The smallest absolute Gasteiger partial charge is 0.131 e. The number of benzene rings is 3. The van der Waals surface area contributed by atoms with Gasteiger partial charge in [-0.05, 0) is 48.0 Å². The second kappa shape index (κ2) is 8.63. The van der Waals surface area contributed by atoms with Crippen LogP contribution in [0, 0.1) is 5.82 Å². The molecule has 0 aliphatic heterocycles. The highest BCUT2D eigenvalue weighted by Gasteiger charge is 2.08. The van der Waals surface area contributed by atoms with Crippen molar-refractivity contribution < 1.29 is 9.13 Å². The van der Waals surface area contributed by atoms with Crippen LogP contribution in [0.1, 0.15) is 11.1 Å². The molecule has 134 valence electrons. The number of anilines is 1. The van der Waals surface area contributed by atoms with Crippen LogP contribution in [0.3, 0.4) is 0 Å². The number of ether oxygens (including phenoxy) is 1. The predicted octanol–water partition coefficient (Wildman–Crippen LogP) is 6.98. The van der Waals surface area contributed by atoms with Gasteiger partial charge < -0.3 is 10.1 Å². The van der Waals surface area contributed by atoms with E-state index in [4.69, 9.17) is 39.5 Å². The molecule has 26 heavy (non-hydrogen) atoms. The number of halogens is 4. The van der Waals surface area contributed by atoms with Gasteiger partial charge in [-0.2, -0.15) is 0 Å². The van der Waals surface area contributed by atoms with E-state index in [9.17, 15) is 4.39 Å². The van der Waals surface area contributed by atoms with Gasteiger partial charge in [0.1, 0.15) is 18.2 Å². The molecule has 0 amide bonds. The van der Waals surface area contributed by atoms with E-state index in [0.29, 0.717) is 32.9 Å². The first-order valence-electron chi connectivity index (χ1n) is 7.86. The fraction of sp³-hybridized carbons (Fsp3) is 0.100. The van der Waals surface area contributed by atoms with Gasteiger partial charge in [-0.1, -0.05) is 53.0 Å². The molecule has 0 radical (unpaired) electrons. The Morgan fingerprint density at radius 2 is 1.62 bits per heavy atom. The zero-order valence-electron chi connectivity index (χ0n) is 13.6. The van der Waals surface area contributed by atoms with Gasteiger partial charge in [0.2, 0.25) is 0 Å². The predicted molar refractivity (Wildman–Crippen MR) is 106 cm³/mol. The molecule has 0 unspecified atom stereocenters. The summed E-state index contributed by atoms with van der Waals surface area (Å²) in [5.41, 5.74) is 2.16. The van der Waals surface area contributed by atoms with Crippen molar-refractivity contribution in [1.29, 1.82) is 0 Å². The Kier molecular flexibility index (Phi) is 6.25. The maximum absolute atomic E-state index is 13.8. The number of hydrogen-bond acceptors (Lipinski definition) is 2. The molecule has 6 heteroatoms. The van der Waals surface area contributed by atoms with Crippen molar-refractivity contribution >= 4 is 40.5 Å². The summed E-state index contributed by atoms with van der Waals surface area (Å²) in [6, 6.07) is 17.4. The quantitative estimate of drug-likeness (QED) is 0.473. The molecule has 0 aliphatic carbocycles. The standard InChI is InChI=1S/C20H15Cl3FNO/c21-14-8-15(22)10-16(9-14)25-11-13-3-1-4-17(7-13)26-12-18-19(23)5-2-6-20(18)24/h1-10,25H,11-12H2. The van der Waals surface area contributed by atoms with Gasteiger partial charge in [-0.3, -0.25) is 0 Å². The molecule has 0 bridgehead atoms. The third kappa shape index (κ3) is 5.04. The van der Waals surface area contributed by atoms with E-state index in [1.54, 1.807) is 30.3 Å². The van der Waals surface area contributed by atoms with Crippen molar-refractivity contribution in [3.8, 4) is 5.75 Å². The number of hydrogen-bond donors (Lipinski definition) is 1. The van der Waals surface area contributed by atoms with Crippen LogP contribution in [0.5, 0.6) is 5.75 Å². The topological polar surface area (TPSA) is 21.3 Å². The Hall–Kier alpha value is -1.94. The molecule has 0 spiro atoms. The lowest BCUT2D eigenvalue weighted by Gasteiger charge is -2.11. The fourth-order valence-electron chi connectivity index (χ4n) is 2.43. The second-order valence-corrected chi connectivity index (χ2v) is 6.93. The average molecular weight is 411 g/mol. The molecule has 3 rings (SSSR count). The lowest BCUT2D eigenvalue weighted by molar-refractivity contribution is 0.299. The minimum absolute atomic E-state index is 0.0618. The molecule has 0 aromatic heterocycles. The van der Waals surface area contributed by atoms with Gasteiger partial charge in [0.25, 0.3) is 0 Å². The molecule has 3 aromatic carbocycles. The van der Waals surface area contributed by atoms with Crippen LogP contribution in [0.15, 0.2) is 60.7 Å². The summed E-state index contributed by atoms with van der Waals surface area (Å²) < 4.78 is 19.5. The summed E-state index contributed by atoms with van der Waals surface area (Å²) in [5.74, 6) is 0.251. The lowest BCUT2D eigenvalue weighted by atomic mass is 10.2. The minimum atomic E-state index is -0.381. The highest BCUT2D eigenvalue weighted by molar-refractivity contribution is 6.35. The van der Waals surface area contributed by atoms with Crippen LogP contribution in [-0.4, -0.2) is 0 Å². The third-order valence-corrected chi connectivity index (χ3v) is 4.49. The molecule has 0 atom stereocenters. The Balaban J connectivity index is 1.64. The molecule has 3 aromatic rings. The van der Waals surface area contributed by atoms with E-state index in [1.165, 1.54) is 6.07 Å². The first kappa shape index (κ1) is 18.8. The average Bonchev–Trinajstić information content (AvgIpc) is 2.59. The molecule has 0 saturated heterocycles. The highest BCUT2D eigenvalue weighted by Crippen LogP contribution is 2.24. The summed E-state index contributed by atoms with van der Waals surface area (Å²) in [5, 5.41) is 4.74. The molecule has 0 aliphatic rings. The van der Waals surface area contributed by atoms with E-state index < -0.39 is 0 Å². The van der Waals surface area contributed by atoms with Crippen molar-refractivity contribution in [2.45, 2.75) is 13.2 Å². The number of nitrogens with one attached hydrogen (secondary N) is 1. The molecule has 0 fully saturated rings. The first-order chi connectivity index (χ1) is 12.5. The van der Waals surface area contributed by atoms with Crippen LogP contribution in [0.25, 0.3) is 0 Å². The van der Waals surface area contributed by atoms with Crippen molar-refractivity contribution in [3.63, 3.8) is 0 Å². The lowest BCUT2D eigenvalue weighted by Crippen LogP contribution is -2.02. The Morgan fingerprint density at radius 3 is 2.35 bits per heavy atom. The van der Waals surface area contributed by atoms with Gasteiger partial charge in [0.15, 0.2) is 0 Å². The van der Waals surface area contributed by atoms with Crippen LogP contribution in [0.4, 0.5) is 10.1 Å². The van der Waals surface area contributed by atoms with Crippen LogP contribution >= 0.6 is 34.8 Å². The first-order valence-corrected chi connectivity index (χ1v) is 8.99. The summed E-state index contributed by atoms with van der Waals surface area (Å²) in [7, 11) is 0. The van der Waals surface area contributed by atoms with Crippen LogP contribution in [0.2, 0.25) is 15.1 Å². The summed E-state index contributed by atoms with van der Waals surface area (Å²) in [6.45, 7) is 0.626. The third-order valence-electron chi connectivity index (χ3n) is 3.70. The van der Waals surface area contributed by atoms with Gasteiger partial charge in [0.05, 0.1) is 5.02 Å². The number of rotatable bonds is 6. The molecular weight excluding hydrogens is 396 g/mol. The zero-order chi connectivity index (χ0) is 18.5.